The van der Waals surface area contributed by atoms with Gasteiger partial charge in [-0.2, -0.15) is 0 Å². The highest BCUT2D eigenvalue weighted by Crippen LogP contribution is 2.46. The van der Waals surface area contributed by atoms with Crippen LogP contribution in [0, 0.1) is 5.92 Å². The Morgan fingerprint density at radius 2 is 1.78 bits per heavy atom. The van der Waals surface area contributed by atoms with Gasteiger partial charge in [-0.05, 0) is 73.4 Å². The summed E-state index contributed by atoms with van der Waals surface area (Å²) in [6, 6.07) is 16.8. The molecule has 3 fully saturated rings. The van der Waals surface area contributed by atoms with Crippen molar-refractivity contribution in [1.82, 2.24) is 4.90 Å². The summed E-state index contributed by atoms with van der Waals surface area (Å²) in [6.45, 7) is 8.67. The van der Waals surface area contributed by atoms with Gasteiger partial charge in [-0.25, -0.2) is 0 Å². The van der Waals surface area contributed by atoms with Gasteiger partial charge in [0.15, 0.2) is 0 Å². The van der Waals surface area contributed by atoms with Crippen LogP contribution in [-0.4, -0.2) is 75.0 Å². The Morgan fingerprint density at radius 3 is 2.41 bits per heavy atom. The number of benzene rings is 2. The first-order chi connectivity index (χ1) is 19.7. The standard InChI is InChI=1S/C33H46N2O5Si/c1-23-29(18-11-24-9-12-25(13-10-24)34-20-6-8-31(34)37)40-30(21-32(38)35-19-5-7-26(35)22-36)33(23)41(3,4)28-16-14-27(39-2)15-17-28/h9-10,12-17,23,26,29-30,33,36H,5-8,11,18-22H2,1-4H3/t23-,26-,29+,30-,33+/m0/s1. The van der Waals surface area contributed by atoms with Crippen LogP contribution in [-0.2, 0) is 20.7 Å². The number of hydrogen-bond donors (Lipinski definition) is 1. The molecule has 2 aromatic rings. The van der Waals surface area contributed by atoms with Crippen LogP contribution in [0.25, 0.3) is 0 Å². The molecule has 3 aliphatic rings. The zero-order valence-corrected chi connectivity index (χ0v) is 26.1. The number of likely N-dealkylation sites (tertiary alicyclic amines) is 1. The molecule has 0 unspecified atom stereocenters. The van der Waals surface area contributed by atoms with Gasteiger partial charge in [0.1, 0.15) is 5.75 Å². The molecule has 8 heteroatoms. The minimum absolute atomic E-state index is 0.0243. The van der Waals surface area contributed by atoms with E-state index < -0.39 is 8.07 Å². The average molecular weight is 579 g/mol. The maximum Gasteiger partial charge on any atom is 0.227 e. The molecule has 2 aromatic carbocycles. The van der Waals surface area contributed by atoms with Gasteiger partial charge in [0.05, 0.1) is 46.5 Å². The number of carbonyl (C=O) groups is 2. The SMILES string of the molecule is COc1ccc([Si](C)(C)[C@@H]2[C@@H](C)[C@@H](CCc3ccc(N4CCCC4=O)cc3)O[C@H]2CC(=O)N2CCC[C@H]2CO)cc1. The number of aliphatic hydroxyl groups is 1. The van der Waals surface area contributed by atoms with Crippen LogP contribution in [0.2, 0.25) is 18.6 Å². The molecule has 0 aromatic heterocycles. The Balaban J connectivity index is 1.32. The lowest BCUT2D eigenvalue weighted by Crippen LogP contribution is -2.51. The lowest BCUT2D eigenvalue weighted by molar-refractivity contribution is -0.135. The van der Waals surface area contributed by atoms with Gasteiger partial charge in [-0.1, -0.05) is 49.5 Å². The van der Waals surface area contributed by atoms with Crippen molar-refractivity contribution in [2.75, 3.05) is 31.7 Å². The summed E-state index contributed by atoms with van der Waals surface area (Å²) in [6.07, 6.45) is 5.45. The van der Waals surface area contributed by atoms with E-state index in [0.29, 0.717) is 18.8 Å². The van der Waals surface area contributed by atoms with E-state index in [0.717, 1.165) is 56.6 Å². The van der Waals surface area contributed by atoms with E-state index >= 15 is 0 Å². The second kappa shape index (κ2) is 12.7. The molecule has 0 aliphatic carbocycles. The summed E-state index contributed by atoms with van der Waals surface area (Å²) in [7, 11) is -0.369. The van der Waals surface area contributed by atoms with Crippen molar-refractivity contribution in [1.29, 1.82) is 0 Å². The number of aliphatic hydroxyl groups excluding tert-OH is 1. The molecule has 1 N–H and O–H groups in total. The Hall–Kier alpha value is -2.68. The fourth-order valence-corrected chi connectivity index (χ4v) is 11.6. The predicted molar refractivity (Wildman–Crippen MR) is 164 cm³/mol. The highest BCUT2D eigenvalue weighted by atomic mass is 28.3. The predicted octanol–water partition coefficient (Wildman–Crippen LogP) is 4.52. The lowest BCUT2D eigenvalue weighted by Gasteiger charge is -2.36. The van der Waals surface area contributed by atoms with Crippen LogP contribution in [0.1, 0.15) is 51.0 Å². The van der Waals surface area contributed by atoms with E-state index in [1.54, 1.807) is 7.11 Å². The first kappa shape index (κ1) is 29.8. The molecule has 7 nitrogen and oxygen atoms in total. The number of ether oxygens (including phenoxy) is 2. The average Bonchev–Trinajstić information content (AvgIpc) is 3.71. The molecule has 3 aliphatic heterocycles. The largest absolute Gasteiger partial charge is 0.497 e. The van der Waals surface area contributed by atoms with Crippen LogP contribution < -0.4 is 14.8 Å². The number of nitrogens with zero attached hydrogens (tertiary/aromatic N) is 2. The maximum absolute atomic E-state index is 13.5. The summed E-state index contributed by atoms with van der Waals surface area (Å²) < 4.78 is 12.2. The Morgan fingerprint density at radius 1 is 1.05 bits per heavy atom. The van der Waals surface area contributed by atoms with E-state index in [9.17, 15) is 14.7 Å². The molecule has 2 amide bonds. The maximum atomic E-state index is 13.5. The zero-order valence-electron chi connectivity index (χ0n) is 25.1. The van der Waals surface area contributed by atoms with E-state index in [1.165, 1.54) is 10.8 Å². The van der Waals surface area contributed by atoms with Crippen molar-refractivity contribution in [3.05, 3.63) is 54.1 Å². The van der Waals surface area contributed by atoms with Crippen LogP contribution in [0.15, 0.2) is 48.5 Å². The summed E-state index contributed by atoms with van der Waals surface area (Å²) in [5.41, 5.74) is 2.50. The fourth-order valence-electron chi connectivity index (χ4n) is 7.56. The molecule has 0 bridgehead atoms. The minimum atomic E-state index is -2.06. The third-order valence-electron chi connectivity index (χ3n) is 9.89. The van der Waals surface area contributed by atoms with Gasteiger partial charge in [-0.3, -0.25) is 9.59 Å². The van der Waals surface area contributed by atoms with Crippen molar-refractivity contribution >= 4 is 30.8 Å². The summed E-state index contributed by atoms with van der Waals surface area (Å²) in [4.78, 5) is 29.4. The van der Waals surface area contributed by atoms with Crippen molar-refractivity contribution in [2.24, 2.45) is 5.92 Å². The van der Waals surface area contributed by atoms with E-state index in [4.69, 9.17) is 9.47 Å². The van der Waals surface area contributed by atoms with Gasteiger partial charge >= 0.3 is 0 Å². The zero-order chi connectivity index (χ0) is 29.1. The summed E-state index contributed by atoms with van der Waals surface area (Å²) >= 11 is 0. The Kier molecular flexibility index (Phi) is 9.21. The molecule has 5 rings (SSSR count). The lowest BCUT2D eigenvalue weighted by atomic mass is 9.95. The topological polar surface area (TPSA) is 79.3 Å². The third kappa shape index (κ3) is 6.25. The van der Waals surface area contributed by atoms with Crippen LogP contribution in [0.3, 0.4) is 0 Å². The van der Waals surface area contributed by atoms with Crippen molar-refractivity contribution in [2.45, 2.75) is 88.8 Å². The number of hydrogen-bond acceptors (Lipinski definition) is 5. The van der Waals surface area contributed by atoms with Crippen molar-refractivity contribution < 1.29 is 24.2 Å². The highest BCUT2D eigenvalue weighted by molar-refractivity contribution is 6.91. The summed E-state index contributed by atoms with van der Waals surface area (Å²) in [5, 5.41) is 11.2. The first-order valence-corrected chi connectivity index (χ1v) is 18.4. The molecule has 3 heterocycles. The molecular weight excluding hydrogens is 532 g/mol. The quantitative estimate of drug-likeness (QED) is 0.420. The van der Waals surface area contributed by atoms with Gasteiger partial charge in [0, 0.05) is 25.2 Å². The van der Waals surface area contributed by atoms with Gasteiger partial charge in [0.2, 0.25) is 11.8 Å². The highest BCUT2D eigenvalue weighted by Gasteiger charge is 2.51. The molecule has 0 radical (unpaired) electrons. The van der Waals surface area contributed by atoms with E-state index in [2.05, 4.69) is 56.4 Å². The number of anilines is 1. The van der Waals surface area contributed by atoms with E-state index in [1.807, 2.05) is 21.9 Å². The van der Waals surface area contributed by atoms with Crippen LogP contribution in [0.5, 0.6) is 5.75 Å². The molecule has 0 saturated carbocycles. The van der Waals surface area contributed by atoms with Crippen LogP contribution >= 0.6 is 0 Å². The number of rotatable bonds is 10. The Labute approximate surface area is 245 Å². The second-order valence-corrected chi connectivity index (χ2v) is 17.4. The van der Waals surface area contributed by atoms with E-state index in [-0.39, 0.29) is 42.2 Å². The first-order valence-electron chi connectivity index (χ1n) is 15.3. The normalized spacial score (nSPS) is 26.7. The van der Waals surface area contributed by atoms with Crippen molar-refractivity contribution in [3.8, 4) is 5.75 Å². The minimum Gasteiger partial charge on any atom is -0.497 e. The van der Waals surface area contributed by atoms with Gasteiger partial charge < -0.3 is 24.4 Å². The number of aryl methyl sites for hydroxylation is 1. The Bertz CT molecular complexity index is 1200. The third-order valence-corrected chi connectivity index (χ3v) is 14.3. The summed E-state index contributed by atoms with van der Waals surface area (Å²) in [5.74, 6) is 1.48. The van der Waals surface area contributed by atoms with Gasteiger partial charge in [-0.15, -0.1) is 0 Å². The molecule has 3 saturated heterocycles. The number of carbonyl (C=O) groups excluding carboxylic acids is 2. The molecule has 0 spiro atoms. The second-order valence-electron chi connectivity index (χ2n) is 12.7. The smallest absolute Gasteiger partial charge is 0.227 e. The fraction of sp³-hybridized carbons (Fsp3) is 0.576. The number of amides is 2. The molecular formula is C33H46N2O5Si. The van der Waals surface area contributed by atoms with Crippen LogP contribution in [0.4, 0.5) is 5.69 Å². The monoisotopic (exact) mass is 578 g/mol. The van der Waals surface area contributed by atoms with Gasteiger partial charge in [0.25, 0.3) is 0 Å². The molecule has 222 valence electrons. The molecule has 5 atom stereocenters. The van der Waals surface area contributed by atoms with Crippen molar-refractivity contribution in [3.63, 3.8) is 0 Å². The molecule has 41 heavy (non-hydrogen) atoms. The number of methoxy groups -OCH3 is 1.